The Labute approximate surface area is 272 Å². The summed E-state index contributed by atoms with van der Waals surface area (Å²) in [5, 5.41) is 6.65. The van der Waals surface area contributed by atoms with Gasteiger partial charge in [-0.3, -0.25) is 14.4 Å². The number of nitrogens with zero attached hydrogens (tertiary/aromatic N) is 3. The molecule has 3 heterocycles. The summed E-state index contributed by atoms with van der Waals surface area (Å²) in [6.45, 7) is 7.98. The van der Waals surface area contributed by atoms with Crippen LogP contribution in [-0.2, 0) is 22.6 Å². The molecule has 2 aromatic carbocycles. The molecule has 46 heavy (non-hydrogen) atoms. The van der Waals surface area contributed by atoms with Crippen molar-refractivity contribution in [3.05, 3.63) is 81.1 Å². The maximum atomic E-state index is 13.9. The molecule has 2 aromatic heterocycles. The number of amides is 3. The van der Waals surface area contributed by atoms with Gasteiger partial charge in [-0.1, -0.05) is 44.2 Å². The van der Waals surface area contributed by atoms with Crippen LogP contribution in [0.3, 0.4) is 0 Å². The lowest BCUT2D eigenvalue weighted by Gasteiger charge is -2.24. The molecule has 0 saturated carbocycles. The minimum absolute atomic E-state index is 0.0995. The number of hydrogen-bond acceptors (Lipinski definition) is 9. The van der Waals surface area contributed by atoms with E-state index in [0.717, 1.165) is 10.6 Å². The standard InChI is InChI=1S/C34H39N5O6S/c1-20(2)33-36-21(3)30(46-33)34(42)39-14-9-15-44-28-17-24(12-13-27(28)43-5)32-38-26(22(4)45-32)18-35-31(41)25(37-29(40)19-39)16-23-10-7-6-8-11-23/h6-8,10-13,17,20,25H,9,14-16,18-19H2,1-5H3,(H,35,41)(H,37,40)/t25-/m1/s1. The zero-order valence-corrected chi connectivity index (χ0v) is 27.5. The number of hydrogen-bond donors (Lipinski definition) is 2. The number of aryl methyl sites for hydroxylation is 2. The molecule has 1 aliphatic heterocycles. The van der Waals surface area contributed by atoms with Crippen LogP contribution in [0.15, 0.2) is 52.9 Å². The quantitative estimate of drug-likeness (QED) is 0.316. The Morgan fingerprint density at radius 3 is 2.63 bits per heavy atom. The van der Waals surface area contributed by atoms with Gasteiger partial charge in [0, 0.05) is 24.4 Å². The minimum atomic E-state index is -0.887. The van der Waals surface area contributed by atoms with Crippen LogP contribution >= 0.6 is 11.3 Å². The molecule has 1 aliphatic rings. The molecular weight excluding hydrogens is 606 g/mol. The number of carbonyl (C=O) groups is 3. The fourth-order valence-corrected chi connectivity index (χ4v) is 6.14. The molecule has 0 unspecified atom stereocenters. The number of ether oxygens (including phenoxy) is 2. The topological polar surface area (TPSA) is 136 Å². The van der Waals surface area contributed by atoms with Crippen molar-refractivity contribution in [3.8, 4) is 23.0 Å². The highest BCUT2D eigenvalue weighted by Gasteiger charge is 2.27. The first kappa shape index (κ1) is 32.7. The summed E-state index contributed by atoms with van der Waals surface area (Å²) < 4.78 is 17.6. The van der Waals surface area contributed by atoms with E-state index in [1.807, 2.05) is 50.2 Å². The maximum absolute atomic E-state index is 13.9. The molecule has 0 aliphatic carbocycles. The van der Waals surface area contributed by atoms with E-state index in [2.05, 4.69) is 20.6 Å². The number of nitrogens with one attached hydrogen (secondary N) is 2. The lowest BCUT2D eigenvalue weighted by Crippen LogP contribution is -2.51. The molecular formula is C34H39N5O6S. The van der Waals surface area contributed by atoms with Crippen molar-refractivity contribution >= 4 is 29.1 Å². The summed E-state index contributed by atoms with van der Waals surface area (Å²) in [6, 6.07) is 14.0. The molecule has 4 bridgehead atoms. The Kier molecular flexibility index (Phi) is 10.4. The second kappa shape index (κ2) is 14.6. The van der Waals surface area contributed by atoms with Crippen LogP contribution in [0.2, 0.25) is 0 Å². The van der Waals surface area contributed by atoms with Crippen molar-refractivity contribution in [3.63, 3.8) is 0 Å². The Bertz CT molecular complexity index is 1700. The highest BCUT2D eigenvalue weighted by atomic mass is 32.1. The molecule has 0 fully saturated rings. The van der Waals surface area contributed by atoms with Crippen LogP contribution in [0.25, 0.3) is 11.5 Å². The third kappa shape index (κ3) is 7.74. The summed E-state index contributed by atoms with van der Waals surface area (Å²) >= 11 is 1.34. The van der Waals surface area contributed by atoms with Gasteiger partial charge in [0.15, 0.2) is 11.5 Å². The molecule has 2 N–H and O–H groups in total. The van der Waals surface area contributed by atoms with Crippen LogP contribution in [0.5, 0.6) is 11.5 Å². The molecule has 0 radical (unpaired) electrons. The van der Waals surface area contributed by atoms with Gasteiger partial charge in [-0.25, -0.2) is 9.97 Å². The van der Waals surface area contributed by atoms with Gasteiger partial charge >= 0.3 is 0 Å². The fourth-order valence-electron chi connectivity index (χ4n) is 5.10. The first-order chi connectivity index (χ1) is 22.1. The van der Waals surface area contributed by atoms with Crippen molar-refractivity contribution in [2.45, 2.75) is 59.0 Å². The van der Waals surface area contributed by atoms with E-state index in [-0.39, 0.29) is 50.4 Å². The predicted molar refractivity (Wildman–Crippen MR) is 174 cm³/mol. The van der Waals surface area contributed by atoms with Gasteiger partial charge in [-0.15, -0.1) is 11.3 Å². The van der Waals surface area contributed by atoms with Crippen molar-refractivity contribution < 1.29 is 28.3 Å². The molecule has 0 spiro atoms. The van der Waals surface area contributed by atoms with Crippen LogP contribution < -0.4 is 20.1 Å². The number of fused-ring (bicyclic) bond motifs is 5. The smallest absolute Gasteiger partial charge is 0.266 e. The molecule has 4 aromatic rings. The third-order valence-electron chi connectivity index (χ3n) is 7.62. The second-order valence-corrected chi connectivity index (χ2v) is 12.5. The Balaban J connectivity index is 1.47. The molecule has 5 rings (SSSR count). The lowest BCUT2D eigenvalue weighted by molar-refractivity contribution is -0.129. The van der Waals surface area contributed by atoms with E-state index >= 15 is 0 Å². The van der Waals surface area contributed by atoms with Crippen molar-refractivity contribution in [1.29, 1.82) is 0 Å². The summed E-state index contributed by atoms with van der Waals surface area (Å²) in [6.07, 6.45) is 0.695. The SMILES string of the molecule is COc1ccc2cc1OCCCN(C(=O)c1sc(C(C)C)nc1C)CC(=O)N[C@H](Cc1ccccc1)C(=O)NCc1nc-2oc1C. The van der Waals surface area contributed by atoms with Gasteiger partial charge in [0.05, 0.1) is 37.5 Å². The monoisotopic (exact) mass is 645 g/mol. The van der Waals surface area contributed by atoms with E-state index in [4.69, 9.17) is 13.9 Å². The average molecular weight is 646 g/mol. The van der Waals surface area contributed by atoms with Gasteiger partial charge in [0.25, 0.3) is 5.91 Å². The van der Waals surface area contributed by atoms with Gasteiger partial charge in [-0.2, -0.15) is 0 Å². The van der Waals surface area contributed by atoms with Crippen molar-refractivity contribution in [2.75, 3.05) is 26.8 Å². The summed E-state index contributed by atoms with van der Waals surface area (Å²) in [5.41, 5.74) is 2.75. The molecule has 1 atom stereocenters. The predicted octanol–water partition coefficient (Wildman–Crippen LogP) is 4.82. The van der Waals surface area contributed by atoms with Crippen LogP contribution in [-0.4, -0.2) is 65.4 Å². The molecule has 242 valence electrons. The minimum Gasteiger partial charge on any atom is -0.493 e. The molecule has 0 saturated heterocycles. The van der Waals surface area contributed by atoms with E-state index in [0.29, 0.717) is 51.4 Å². The molecule has 3 amide bonds. The van der Waals surface area contributed by atoms with E-state index in [1.54, 1.807) is 33.1 Å². The third-order valence-corrected chi connectivity index (χ3v) is 9.07. The van der Waals surface area contributed by atoms with Crippen molar-refractivity contribution in [1.82, 2.24) is 25.5 Å². The van der Waals surface area contributed by atoms with Gasteiger partial charge in [0.1, 0.15) is 22.4 Å². The number of aromatic nitrogens is 2. The summed E-state index contributed by atoms with van der Waals surface area (Å²) in [7, 11) is 1.56. The average Bonchev–Trinajstić information content (AvgIpc) is 3.62. The summed E-state index contributed by atoms with van der Waals surface area (Å²) in [5.74, 6) is 1.01. The number of oxazole rings is 1. The zero-order valence-electron chi connectivity index (χ0n) is 26.7. The first-order valence-corrected chi connectivity index (χ1v) is 16.1. The number of carbonyl (C=O) groups excluding carboxylic acids is 3. The Morgan fingerprint density at radius 1 is 1.13 bits per heavy atom. The van der Waals surface area contributed by atoms with Crippen molar-refractivity contribution in [2.24, 2.45) is 0 Å². The Hall–Kier alpha value is -4.71. The molecule has 12 heteroatoms. The maximum Gasteiger partial charge on any atom is 0.266 e. The van der Waals surface area contributed by atoms with E-state index in [1.165, 1.54) is 16.2 Å². The summed E-state index contributed by atoms with van der Waals surface area (Å²) in [4.78, 5) is 52.2. The first-order valence-electron chi connectivity index (χ1n) is 15.3. The number of thiazole rings is 1. The second-order valence-electron chi connectivity index (χ2n) is 11.5. The molecule has 11 nitrogen and oxygen atoms in total. The van der Waals surface area contributed by atoms with E-state index in [9.17, 15) is 14.4 Å². The zero-order chi connectivity index (χ0) is 32.8. The largest absolute Gasteiger partial charge is 0.493 e. The van der Waals surface area contributed by atoms with Gasteiger partial charge < -0.3 is 29.4 Å². The lowest BCUT2D eigenvalue weighted by atomic mass is 10.1. The van der Waals surface area contributed by atoms with Crippen LogP contribution in [0.1, 0.15) is 63.6 Å². The van der Waals surface area contributed by atoms with Gasteiger partial charge in [0.2, 0.25) is 17.7 Å². The van der Waals surface area contributed by atoms with Gasteiger partial charge in [-0.05, 0) is 44.0 Å². The highest BCUT2D eigenvalue weighted by molar-refractivity contribution is 7.13. The van der Waals surface area contributed by atoms with Crippen LogP contribution in [0, 0.1) is 13.8 Å². The fraction of sp³-hybridized carbons (Fsp3) is 0.382. The van der Waals surface area contributed by atoms with E-state index < -0.39 is 11.9 Å². The highest BCUT2D eigenvalue weighted by Crippen LogP contribution is 2.33. The number of methoxy groups -OCH3 is 1. The number of rotatable bonds is 5. The van der Waals surface area contributed by atoms with Crippen LogP contribution in [0.4, 0.5) is 0 Å². The Morgan fingerprint density at radius 2 is 1.91 bits per heavy atom. The normalized spacial score (nSPS) is 16.2. The number of benzene rings is 2.